The molecular formula is C14H22N2O3. The van der Waals surface area contributed by atoms with Crippen molar-refractivity contribution in [1.29, 1.82) is 0 Å². The Morgan fingerprint density at radius 1 is 1.00 bits per heavy atom. The van der Waals surface area contributed by atoms with Gasteiger partial charge < -0.3 is 24.8 Å². The summed E-state index contributed by atoms with van der Waals surface area (Å²) in [6.07, 6.45) is 1.14. The lowest BCUT2D eigenvalue weighted by atomic mass is 10.1. The van der Waals surface area contributed by atoms with Crippen LogP contribution in [0.4, 0.5) is 0 Å². The van der Waals surface area contributed by atoms with Gasteiger partial charge in [-0.3, -0.25) is 0 Å². The largest absolute Gasteiger partial charge is 0.493 e. The van der Waals surface area contributed by atoms with Gasteiger partial charge in [-0.1, -0.05) is 0 Å². The van der Waals surface area contributed by atoms with E-state index in [1.165, 1.54) is 0 Å². The van der Waals surface area contributed by atoms with Gasteiger partial charge in [-0.25, -0.2) is 0 Å². The van der Waals surface area contributed by atoms with Gasteiger partial charge in [0.05, 0.1) is 21.3 Å². The summed E-state index contributed by atoms with van der Waals surface area (Å²) in [6.45, 7) is 2.96. The number of methoxy groups -OCH3 is 3. The average molecular weight is 266 g/mol. The monoisotopic (exact) mass is 266 g/mol. The Hall–Kier alpha value is -1.46. The summed E-state index contributed by atoms with van der Waals surface area (Å²) < 4.78 is 16.1. The molecule has 1 fully saturated rings. The molecule has 1 atom stereocenters. The Morgan fingerprint density at radius 2 is 1.68 bits per heavy atom. The Bertz CT molecular complexity index is 390. The first-order valence-electron chi connectivity index (χ1n) is 6.54. The van der Waals surface area contributed by atoms with Crippen molar-refractivity contribution in [2.24, 2.45) is 0 Å². The summed E-state index contributed by atoms with van der Waals surface area (Å²) in [5.41, 5.74) is 1.14. The first-order chi connectivity index (χ1) is 9.30. The molecule has 1 aromatic carbocycles. The van der Waals surface area contributed by atoms with E-state index < -0.39 is 0 Å². The van der Waals surface area contributed by atoms with Crippen LogP contribution in [0.15, 0.2) is 12.1 Å². The van der Waals surface area contributed by atoms with Crippen LogP contribution in [0.1, 0.15) is 18.0 Å². The molecule has 0 saturated carbocycles. The topological polar surface area (TPSA) is 51.8 Å². The van der Waals surface area contributed by atoms with Gasteiger partial charge in [-0.2, -0.15) is 0 Å². The number of hydrogen-bond donors (Lipinski definition) is 2. The maximum absolute atomic E-state index is 5.39. The van der Waals surface area contributed by atoms with Crippen molar-refractivity contribution in [1.82, 2.24) is 10.6 Å². The van der Waals surface area contributed by atoms with Crippen molar-refractivity contribution >= 4 is 0 Å². The standard InChI is InChI=1S/C14H22N2O3/c1-17-12-7-10(8-13(18-2)14(12)19-3)11-9-15-5-4-6-16-11/h7-8,11,15-16H,4-6,9H2,1-3H3. The second-order valence-corrected chi connectivity index (χ2v) is 4.52. The van der Waals surface area contributed by atoms with Gasteiger partial charge in [-0.15, -0.1) is 0 Å². The van der Waals surface area contributed by atoms with E-state index >= 15 is 0 Å². The third-order valence-electron chi connectivity index (χ3n) is 3.36. The third kappa shape index (κ3) is 3.11. The zero-order valence-electron chi connectivity index (χ0n) is 11.8. The Balaban J connectivity index is 2.34. The molecule has 0 spiro atoms. The van der Waals surface area contributed by atoms with E-state index in [1.807, 2.05) is 12.1 Å². The van der Waals surface area contributed by atoms with Crippen molar-refractivity contribution in [3.8, 4) is 17.2 Å². The fraction of sp³-hybridized carbons (Fsp3) is 0.571. The lowest BCUT2D eigenvalue weighted by molar-refractivity contribution is 0.323. The number of ether oxygens (including phenoxy) is 3. The van der Waals surface area contributed by atoms with E-state index in [2.05, 4.69) is 10.6 Å². The molecule has 5 nitrogen and oxygen atoms in total. The second kappa shape index (κ2) is 6.63. The zero-order chi connectivity index (χ0) is 13.7. The van der Waals surface area contributed by atoms with Gasteiger partial charge in [0.15, 0.2) is 11.5 Å². The summed E-state index contributed by atoms with van der Waals surface area (Å²) in [6, 6.07) is 4.27. The number of hydrogen-bond acceptors (Lipinski definition) is 5. The van der Waals surface area contributed by atoms with Gasteiger partial charge in [-0.05, 0) is 37.2 Å². The predicted octanol–water partition coefficient (Wildman–Crippen LogP) is 1.34. The minimum atomic E-state index is 0.260. The predicted molar refractivity (Wildman–Crippen MR) is 74.3 cm³/mol. The molecule has 0 aromatic heterocycles. The van der Waals surface area contributed by atoms with Crippen LogP contribution in [0.3, 0.4) is 0 Å². The summed E-state index contributed by atoms with van der Waals surface area (Å²) in [5.74, 6) is 2.03. The van der Waals surface area contributed by atoms with E-state index in [1.54, 1.807) is 21.3 Å². The highest BCUT2D eigenvalue weighted by atomic mass is 16.5. The quantitative estimate of drug-likeness (QED) is 0.861. The van der Waals surface area contributed by atoms with Gasteiger partial charge in [0.1, 0.15) is 0 Å². The number of rotatable bonds is 4. The van der Waals surface area contributed by atoms with E-state index in [9.17, 15) is 0 Å². The van der Waals surface area contributed by atoms with Crippen LogP contribution < -0.4 is 24.8 Å². The molecule has 19 heavy (non-hydrogen) atoms. The fourth-order valence-corrected chi connectivity index (χ4v) is 2.35. The Kier molecular flexibility index (Phi) is 4.87. The van der Waals surface area contributed by atoms with Crippen molar-refractivity contribution in [2.75, 3.05) is 41.0 Å². The maximum Gasteiger partial charge on any atom is 0.203 e. The molecule has 1 aliphatic rings. The van der Waals surface area contributed by atoms with Crippen LogP contribution >= 0.6 is 0 Å². The Morgan fingerprint density at radius 3 is 2.26 bits per heavy atom. The molecule has 1 aromatic rings. The highest BCUT2D eigenvalue weighted by Crippen LogP contribution is 2.39. The van der Waals surface area contributed by atoms with Crippen LogP contribution in [0.25, 0.3) is 0 Å². The zero-order valence-corrected chi connectivity index (χ0v) is 11.8. The van der Waals surface area contributed by atoms with E-state index in [0.717, 1.165) is 31.6 Å². The summed E-state index contributed by atoms with van der Waals surface area (Å²) in [5, 5.41) is 6.95. The SMILES string of the molecule is COc1cc(C2CNCCCN2)cc(OC)c1OC. The molecule has 0 bridgehead atoms. The normalized spacial score (nSPS) is 19.6. The van der Waals surface area contributed by atoms with Gasteiger partial charge in [0.25, 0.3) is 0 Å². The van der Waals surface area contributed by atoms with Crippen LogP contribution in [0, 0.1) is 0 Å². The molecule has 1 aliphatic heterocycles. The molecule has 1 saturated heterocycles. The van der Waals surface area contributed by atoms with Crippen LogP contribution in [0.2, 0.25) is 0 Å². The van der Waals surface area contributed by atoms with Crippen molar-refractivity contribution < 1.29 is 14.2 Å². The average Bonchev–Trinajstić information content (AvgIpc) is 2.74. The summed E-state index contributed by atoms with van der Waals surface area (Å²) >= 11 is 0. The highest BCUT2D eigenvalue weighted by Gasteiger charge is 2.19. The van der Waals surface area contributed by atoms with Crippen LogP contribution in [-0.2, 0) is 0 Å². The number of benzene rings is 1. The van der Waals surface area contributed by atoms with Crippen molar-refractivity contribution in [3.63, 3.8) is 0 Å². The van der Waals surface area contributed by atoms with Crippen molar-refractivity contribution in [3.05, 3.63) is 17.7 Å². The molecule has 106 valence electrons. The van der Waals surface area contributed by atoms with Gasteiger partial charge in [0, 0.05) is 12.6 Å². The Labute approximate surface area is 114 Å². The first kappa shape index (κ1) is 14.0. The molecular weight excluding hydrogens is 244 g/mol. The minimum absolute atomic E-state index is 0.260. The molecule has 2 rings (SSSR count). The fourth-order valence-electron chi connectivity index (χ4n) is 2.35. The van der Waals surface area contributed by atoms with Gasteiger partial charge >= 0.3 is 0 Å². The van der Waals surface area contributed by atoms with Crippen LogP contribution in [0.5, 0.6) is 17.2 Å². The van der Waals surface area contributed by atoms with Crippen molar-refractivity contribution in [2.45, 2.75) is 12.5 Å². The molecule has 5 heteroatoms. The summed E-state index contributed by atoms with van der Waals surface area (Å²) in [7, 11) is 4.89. The second-order valence-electron chi connectivity index (χ2n) is 4.52. The molecule has 0 radical (unpaired) electrons. The molecule has 0 amide bonds. The lowest BCUT2D eigenvalue weighted by Gasteiger charge is -2.20. The smallest absolute Gasteiger partial charge is 0.203 e. The first-order valence-corrected chi connectivity index (χ1v) is 6.54. The van der Waals surface area contributed by atoms with E-state index in [4.69, 9.17) is 14.2 Å². The molecule has 2 N–H and O–H groups in total. The minimum Gasteiger partial charge on any atom is -0.493 e. The van der Waals surface area contributed by atoms with E-state index in [0.29, 0.717) is 17.2 Å². The lowest BCUT2D eigenvalue weighted by Crippen LogP contribution is -2.27. The third-order valence-corrected chi connectivity index (χ3v) is 3.36. The number of nitrogens with one attached hydrogen (secondary N) is 2. The van der Waals surface area contributed by atoms with Crippen LogP contribution in [-0.4, -0.2) is 41.0 Å². The summed E-state index contributed by atoms with van der Waals surface area (Å²) in [4.78, 5) is 0. The molecule has 0 aliphatic carbocycles. The van der Waals surface area contributed by atoms with E-state index in [-0.39, 0.29) is 6.04 Å². The molecule has 1 unspecified atom stereocenters. The highest BCUT2D eigenvalue weighted by molar-refractivity contribution is 5.54. The van der Waals surface area contributed by atoms with Gasteiger partial charge in [0.2, 0.25) is 5.75 Å². The molecule has 1 heterocycles. The maximum atomic E-state index is 5.39.